The molecule has 0 radical (unpaired) electrons. The van der Waals surface area contributed by atoms with Crippen molar-refractivity contribution in [1.29, 1.82) is 0 Å². The topological polar surface area (TPSA) is 28.6 Å². The number of nitrogens with zero attached hydrogens (tertiary/aromatic N) is 3. The largest absolute Gasteiger partial charge is 0.496 e. The van der Waals surface area contributed by atoms with Gasteiger partial charge in [0, 0.05) is 31.6 Å². The van der Waals surface area contributed by atoms with Crippen molar-refractivity contribution in [1.82, 2.24) is 9.88 Å². The number of benzene rings is 2. The summed E-state index contributed by atoms with van der Waals surface area (Å²) in [5.41, 5.74) is 4.06. The average Bonchev–Trinajstić information content (AvgIpc) is 2.82. The van der Waals surface area contributed by atoms with Gasteiger partial charge in [0.1, 0.15) is 11.6 Å². The summed E-state index contributed by atoms with van der Waals surface area (Å²) in [6, 6.07) is 19.3. The van der Waals surface area contributed by atoms with E-state index in [1.165, 1.54) is 42.3 Å². The molecule has 1 saturated heterocycles. The van der Waals surface area contributed by atoms with Crippen LogP contribution in [0.5, 0.6) is 5.75 Å². The summed E-state index contributed by atoms with van der Waals surface area (Å²) in [6.07, 6.45) is 4.99. The normalized spacial score (nSPS) is 19.6. The highest BCUT2D eigenvalue weighted by Gasteiger charge is 2.24. The quantitative estimate of drug-likeness (QED) is 0.609. The van der Waals surface area contributed by atoms with Crippen LogP contribution < -0.4 is 9.64 Å². The van der Waals surface area contributed by atoms with Crippen molar-refractivity contribution in [2.24, 2.45) is 0 Å². The number of para-hydroxylation sites is 1. The summed E-state index contributed by atoms with van der Waals surface area (Å²) in [6.45, 7) is 5.53. The van der Waals surface area contributed by atoms with Crippen LogP contribution in [-0.2, 0) is 6.42 Å². The molecule has 0 saturated carbocycles. The molecule has 1 aliphatic heterocycles. The summed E-state index contributed by atoms with van der Waals surface area (Å²) >= 11 is 0. The van der Waals surface area contributed by atoms with Gasteiger partial charge < -0.3 is 9.64 Å². The Morgan fingerprint density at radius 3 is 2.70 bits per heavy atom. The minimum atomic E-state index is 0.670. The molecule has 0 N–H and O–H groups in total. The number of aromatic nitrogens is 1. The monoisotopic (exact) mass is 401 g/mol. The van der Waals surface area contributed by atoms with Crippen LogP contribution in [0.1, 0.15) is 36.3 Å². The Bertz CT molecular complexity index is 1010. The zero-order valence-electron chi connectivity index (χ0n) is 17.9. The minimum absolute atomic E-state index is 0.670. The van der Waals surface area contributed by atoms with Crippen LogP contribution in [-0.4, -0.2) is 49.7 Å². The minimum Gasteiger partial charge on any atom is -0.496 e. The number of fused-ring (bicyclic) bond motifs is 2. The molecule has 156 valence electrons. The fourth-order valence-corrected chi connectivity index (χ4v) is 5.17. The summed E-state index contributed by atoms with van der Waals surface area (Å²) < 4.78 is 5.61. The third kappa shape index (κ3) is 3.89. The molecule has 5 rings (SSSR count). The van der Waals surface area contributed by atoms with Gasteiger partial charge in [0.05, 0.1) is 12.6 Å². The lowest BCUT2D eigenvalue weighted by Gasteiger charge is -2.36. The van der Waals surface area contributed by atoms with Gasteiger partial charge in [0.25, 0.3) is 0 Å². The van der Waals surface area contributed by atoms with E-state index in [2.05, 4.69) is 64.4 Å². The van der Waals surface area contributed by atoms with Crippen molar-refractivity contribution in [3.05, 3.63) is 65.7 Å². The van der Waals surface area contributed by atoms with Crippen LogP contribution in [0.15, 0.2) is 54.6 Å². The van der Waals surface area contributed by atoms with Crippen molar-refractivity contribution in [3.8, 4) is 5.75 Å². The van der Waals surface area contributed by atoms with Crippen molar-refractivity contribution in [2.75, 3.05) is 44.7 Å². The molecule has 3 aromatic rings. The van der Waals surface area contributed by atoms with Gasteiger partial charge in [-0.2, -0.15) is 0 Å². The molecule has 4 heteroatoms. The maximum atomic E-state index is 5.61. The Morgan fingerprint density at radius 1 is 0.967 bits per heavy atom. The van der Waals surface area contributed by atoms with Gasteiger partial charge in [-0.25, -0.2) is 4.98 Å². The fourth-order valence-electron chi connectivity index (χ4n) is 5.17. The number of ether oxygens (including phenoxy) is 1. The molecule has 30 heavy (non-hydrogen) atoms. The first-order chi connectivity index (χ1) is 14.8. The highest BCUT2D eigenvalue weighted by atomic mass is 16.5. The Balaban J connectivity index is 1.18. The zero-order chi connectivity index (χ0) is 20.3. The second-order valence-corrected chi connectivity index (χ2v) is 8.60. The van der Waals surface area contributed by atoms with Crippen molar-refractivity contribution in [2.45, 2.75) is 31.6 Å². The molecule has 1 atom stereocenters. The van der Waals surface area contributed by atoms with E-state index < -0.39 is 0 Å². The first-order valence-electron chi connectivity index (χ1n) is 11.3. The van der Waals surface area contributed by atoms with Crippen LogP contribution in [0.4, 0.5) is 5.82 Å². The van der Waals surface area contributed by atoms with E-state index in [-0.39, 0.29) is 0 Å². The summed E-state index contributed by atoms with van der Waals surface area (Å²) in [5.74, 6) is 2.86. The Morgan fingerprint density at radius 2 is 1.83 bits per heavy atom. The van der Waals surface area contributed by atoms with Crippen LogP contribution in [0.2, 0.25) is 0 Å². The van der Waals surface area contributed by atoms with Crippen LogP contribution in [0.3, 0.4) is 0 Å². The van der Waals surface area contributed by atoms with E-state index in [1.807, 2.05) is 0 Å². The van der Waals surface area contributed by atoms with Gasteiger partial charge in [0.2, 0.25) is 0 Å². The number of hydrogen-bond acceptors (Lipinski definition) is 4. The Kier molecular flexibility index (Phi) is 5.58. The average molecular weight is 402 g/mol. The van der Waals surface area contributed by atoms with E-state index >= 15 is 0 Å². The lowest BCUT2D eigenvalue weighted by atomic mass is 9.80. The molecule has 2 aliphatic rings. The molecule has 1 fully saturated rings. The molecule has 4 nitrogen and oxygen atoms in total. The van der Waals surface area contributed by atoms with E-state index in [0.717, 1.165) is 49.7 Å². The highest BCUT2D eigenvalue weighted by Crippen LogP contribution is 2.38. The lowest BCUT2D eigenvalue weighted by Crippen LogP contribution is -2.47. The maximum absolute atomic E-state index is 5.61. The third-order valence-electron chi connectivity index (χ3n) is 6.88. The third-order valence-corrected chi connectivity index (χ3v) is 6.88. The summed E-state index contributed by atoms with van der Waals surface area (Å²) in [4.78, 5) is 9.95. The molecular weight excluding hydrogens is 370 g/mol. The van der Waals surface area contributed by atoms with E-state index in [9.17, 15) is 0 Å². The fraction of sp³-hybridized carbons (Fsp3) is 0.423. The number of methoxy groups -OCH3 is 1. The molecule has 1 aliphatic carbocycles. The van der Waals surface area contributed by atoms with Crippen molar-refractivity contribution >= 4 is 16.7 Å². The van der Waals surface area contributed by atoms with Crippen LogP contribution >= 0.6 is 0 Å². The van der Waals surface area contributed by atoms with Gasteiger partial charge >= 0.3 is 0 Å². The summed E-state index contributed by atoms with van der Waals surface area (Å²) in [7, 11) is 1.79. The standard InChI is InChI=1S/C26H31N3O/c1-30-25-11-5-8-22-20(7-4-9-23(22)25)14-15-28-16-18-29(19-17-28)26-13-12-21-6-2-3-10-24(21)27-26/h2-3,5-6,8,10-13,20H,4,7,9,14-19H2,1H3. The predicted octanol–water partition coefficient (Wildman–Crippen LogP) is 4.88. The molecule has 0 amide bonds. The number of pyridine rings is 1. The van der Waals surface area contributed by atoms with E-state index in [0.29, 0.717) is 5.92 Å². The maximum Gasteiger partial charge on any atom is 0.129 e. The number of hydrogen-bond donors (Lipinski definition) is 0. The van der Waals surface area contributed by atoms with Gasteiger partial charge in [-0.3, -0.25) is 4.90 Å². The van der Waals surface area contributed by atoms with Crippen molar-refractivity contribution in [3.63, 3.8) is 0 Å². The van der Waals surface area contributed by atoms with Crippen LogP contribution in [0, 0.1) is 0 Å². The molecule has 0 bridgehead atoms. The number of rotatable bonds is 5. The smallest absolute Gasteiger partial charge is 0.129 e. The molecule has 0 spiro atoms. The van der Waals surface area contributed by atoms with Gasteiger partial charge in [-0.1, -0.05) is 30.3 Å². The molecule has 1 aromatic heterocycles. The Labute approximate surface area is 179 Å². The first kappa shape index (κ1) is 19.4. The second kappa shape index (κ2) is 8.65. The molecule has 1 unspecified atom stereocenters. The zero-order valence-corrected chi connectivity index (χ0v) is 17.9. The van der Waals surface area contributed by atoms with E-state index in [4.69, 9.17) is 9.72 Å². The van der Waals surface area contributed by atoms with Gasteiger partial charge in [-0.05, 0) is 73.5 Å². The molecular formula is C26H31N3O. The van der Waals surface area contributed by atoms with Gasteiger partial charge in [0.15, 0.2) is 0 Å². The predicted molar refractivity (Wildman–Crippen MR) is 124 cm³/mol. The number of piperazine rings is 1. The van der Waals surface area contributed by atoms with E-state index in [1.54, 1.807) is 7.11 Å². The summed E-state index contributed by atoms with van der Waals surface area (Å²) in [5, 5.41) is 1.21. The lowest BCUT2D eigenvalue weighted by molar-refractivity contribution is 0.244. The van der Waals surface area contributed by atoms with Crippen molar-refractivity contribution < 1.29 is 4.74 Å². The molecule has 2 aromatic carbocycles. The van der Waals surface area contributed by atoms with Crippen LogP contribution in [0.25, 0.3) is 10.9 Å². The number of anilines is 1. The first-order valence-corrected chi connectivity index (χ1v) is 11.3. The highest BCUT2D eigenvalue weighted by molar-refractivity contribution is 5.80. The Hall–Kier alpha value is -2.59. The SMILES string of the molecule is COc1cccc2c1CCCC2CCN1CCN(c2ccc3ccccc3n2)CC1. The molecule has 2 heterocycles. The second-order valence-electron chi connectivity index (χ2n) is 8.60. The van der Waals surface area contributed by atoms with Gasteiger partial charge in [-0.15, -0.1) is 0 Å².